The van der Waals surface area contributed by atoms with Crippen molar-refractivity contribution in [1.29, 1.82) is 0 Å². The number of likely N-dealkylation sites (tertiary alicyclic amines) is 1. The van der Waals surface area contributed by atoms with E-state index in [0.717, 1.165) is 18.4 Å². The van der Waals surface area contributed by atoms with Crippen molar-refractivity contribution in [2.24, 2.45) is 5.92 Å². The number of aryl methyl sites for hydroxylation is 1. The number of nitrogens with one attached hydrogen (secondary N) is 1. The summed E-state index contributed by atoms with van der Waals surface area (Å²) >= 11 is 5.87. The van der Waals surface area contributed by atoms with Crippen LogP contribution in [0.5, 0.6) is 0 Å². The summed E-state index contributed by atoms with van der Waals surface area (Å²) in [4.78, 5) is 31.1. The smallest absolute Gasteiger partial charge is 0.253 e. The highest BCUT2D eigenvalue weighted by molar-refractivity contribution is 6.30. The Labute approximate surface area is 152 Å². The Morgan fingerprint density at radius 2 is 2.00 bits per heavy atom. The van der Waals surface area contributed by atoms with E-state index in [2.05, 4.69) is 10.3 Å². The third-order valence-corrected chi connectivity index (χ3v) is 4.67. The first kappa shape index (κ1) is 17.4. The van der Waals surface area contributed by atoms with Crippen LogP contribution in [0.15, 0.2) is 42.6 Å². The van der Waals surface area contributed by atoms with Crippen LogP contribution in [0, 0.1) is 12.8 Å². The lowest BCUT2D eigenvalue weighted by molar-refractivity contribution is -0.121. The Balaban J connectivity index is 1.66. The molecule has 0 saturated carbocycles. The molecule has 0 bridgehead atoms. The zero-order chi connectivity index (χ0) is 17.8. The molecule has 5 nitrogen and oxygen atoms in total. The van der Waals surface area contributed by atoms with Gasteiger partial charge in [0.2, 0.25) is 5.91 Å². The van der Waals surface area contributed by atoms with E-state index in [0.29, 0.717) is 29.5 Å². The van der Waals surface area contributed by atoms with Gasteiger partial charge < -0.3 is 10.2 Å². The predicted molar refractivity (Wildman–Crippen MR) is 97.7 cm³/mol. The Morgan fingerprint density at radius 3 is 2.72 bits per heavy atom. The molecular weight excluding hydrogens is 338 g/mol. The standard InChI is InChI=1S/C19H20ClN3O2/c1-13-4-2-10-21-17(13)22-18(24)15-5-3-11-23(12-15)19(25)14-6-8-16(20)9-7-14/h2,4,6-10,15H,3,5,11-12H2,1H3,(H,21,22,24). The summed E-state index contributed by atoms with van der Waals surface area (Å²) in [5.41, 5.74) is 1.51. The van der Waals surface area contributed by atoms with Gasteiger partial charge in [0.05, 0.1) is 5.92 Å². The number of benzene rings is 1. The first-order valence-corrected chi connectivity index (χ1v) is 8.69. The van der Waals surface area contributed by atoms with Gasteiger partial charge in [0.15, 0.2) is 0 Å². The van der Waals surface area contributed by atoms with Crippen LogP contribution < -0.4 is 5.32 Å². The quantitative estimate of drug-likeness (QED) is 0.913. The molecule has 1 N–H and O–H groups in total. The van der Waals surface area contributed by atoms with Gasteiger partial charge in [0.25, 0.3) is 5.91 Å². The van der Waals surface area contributed by atoms with Crippen molar-refractivity contribution in [3.8, 4) is 0 Å². The minimum Gasteiger partial charge on any atom is -0.338 e. The molecule has 1 aliphatic rings. The number of carbonyl (C=O) groups is 2. The van der Waals surface area contributed by atoms with Crippen LogP contribution in [0.3, 0.4) is 0 Å². The minimum absolute atomic E-state index is 0.0665. The molecule has 1 unspecified atom stereocenters. The first-order valence-electron chi connectivity index (χ1n) is 8.32. The fraction of sp³-hybridized carbons (Fsp3) is 0.316. The molecule has 1 fully saturated rings. The molecule has 6 heteroatoms. The molecule has 1 aromatic heterocycles. The van der Waals surface area contributed by atoms with Gasteiger partial charge in [-0.15, -0.1) is 0 Å². The molecule has 2 amide bonds. The van der Waals surface area contributed by atoms with Gasteiger partial charge in [0.1, 0.15) is 5.82 Å². The molecule has 2 heterocycles. The molecule has 1 aromatic carbocycles. The van der Waals surface area contributed by atoms with Gasteiger partial charge in [-0.25, -0.2) is 4.98 Å². The number of rotatable bonds is 3. The highest BCUT2D eigenvalue weighted by atomic mass is 35.5. The van der Waals surface area contributed by atoms with Crippen LogP contribution >= 0.6 is 11.6 Å². The second-order valence-corrected chi connectivity index (χ2v) is 6.69. The fourth-order valence-electron chi connectivity index (χ4n) is 2.99. The molecule has 25 heavy (non-hydrogen) atoms. The Kier molecular flexibility index (Phi) is 5.34. The number of carbonyl (C=O) groups excluding carboxylic acids is 2. The topological polar surface area (TPSA) is 62.3 Å². The number of hydrogen-bond acceptors (Lipinski definition) is 3. The van der Waals surface area contributed by atoms with Crippen LogP contribution in [-0.2, 0) is 4.79 Å². The molecular formula is C19H20ClN3O2. The van der Waals surface area contributed by atoms with E-state index in [4.69, 9.17) is 11.6 Å². The normalized spacial score (nSPS) is 17.2. The predicted octanol–water partition coefficient (Wildman–Crippen LogP) is 3.53. The maximum absolute atomic E-state index is 12.6. The SMILES string of the molecule is Cc1cccnc1NC(=O)C1CCCN(C(=O)c2ccc(Cl)cc2)C1. The molecule has 3 rings (SSSR count). The average molecular weight is 358 g/mol. The van der Waals surface area contributed by atoms with Crippen molar-refractivity contribution in [2.75, 3.05) is 18.4 Å². The highest BCUT2D eigenvalue weighted by Crippen LogP contribution is 2.21. The Morgan fingerprint density at radius 1 is 1.24 bits per heavy atom. The van der Waals surface area contributed by atoms with Crippen LogP contribution in [0.1, 0.15) is 28.8 Å². The monoisotopic (exact) mass is 357 g/mol. The molecule has 130 valence electrons. The number of piperidine rings is 1. The second kappa shape index (κ2) is 7.66. The lowest BCUT2D eigenvalue weighted by atomic mass is 9.96. The second-order valence-electron chi connectivity index (χ2n) is 6.26. The number of amides is 2. The van der Waals surface area contributed by atoms with Crippen molar-refractivity contribution >= 4 is 29.2 Å². The molecule has 1 saturated heterocycles. The van der Waals surface area contributed by atoms with Crippen molar-refractivity contribution in [1.82, 2.24) is 9.88 Å². The van der Waals surface area contributed by atoms with E-state index in [-0.39, 0.29) is 17.7 Å². The van der Waals surface area contributed by atoms with E-state index in [1.54, 1.807) is 35.4 Å². The Hall–Kier alpha value is -2.40. The van der Waals surface area contributed by atoms with Crippen LogP contribution in [0.2, 0.25) is 5.02 Å². The van der Waals surface area contributed by atoms with Gasteiger partial charge in [-0.1, -0.05) is 17.7 Å². The third kappa shape index (κ3) is 4.17. The van der Waals surface area contributed by atoms with E-state index in [1.165, 1.54) is 0 Å². The molecule has 0 spiro atoms. The van der Waals surface area contributed by atoms with Crippen LogP contribution in [0.25, 0.3) is 0 Å². The molecule has 0 aliphatic carbocycles. The van der Waals surface area contributed by atoms with Crippen LogP contribution in [-0.4, -0.2) is 34.8 Å². The summed E-state index contributed by atoms with van der Waals surface area (Å²) < 4.78 is 0. The average Bonchev–Trinajstić information content (AvgIpc) is 2.64. The molecule has 2 aromatic rings. The van der Waals surface area contributed by atoms with E-state index >= 15 is 0 Å². The minimum atomic E-state index is -0.230. The summed E-state index contributed by atoms with van der Waals surface area (Å²) in [6.45, 7) is 2.98. The van der Waals surface area contributed by atoms with Crippen molar-refractivity contribution in [3.63, 3.8) is 0 Å². The lowest BCUT2D eigenvalue weighted by Crippen LogP contribution is -2.43. The first-order chi connectivity index (χ1) is 12.0. The van der Waals surface area contributed by atoms with Crippen molar-refractivity contribution in [3.05, 3.63) is 58.7 Å². The number of anilines is 1. The van der Waals surface area contributed by atoms with Gasteiger partial charge in [-0.3, -0.25) is 9.59 Å². The number of nitrogens with zero attached hydrogens (tertiary/aromatic N) is 2. The Bertz CT molecular complexity index is 776. The van der Waals surface area contributed by atoms with Gasteiger partial charge in [-0.2, -0.15) is 0 Å². The number of pyridine rings is 1. The van der Waals surface area contributed by atoms with Crippen molar-refractivity contribution < 1.29 is 9.59 Å². The van der Waals surface area contributed by atoms with E-state index in [9.17, 15) is 9.59 Å². The maximum atomic E-state index is 12.6. The lowest BCUT2D eigenvalue weighted by Gasteiger charge is -2.32. The summed E-state index contributed by atoms with van der Waals surface area (Å²) in [5, 5.41) is 3.48. The molecule has 1 aliphatic heterocycles. The molecule has 1 atom stereocenters. The third-order valence-electron chi connectivity index (χ3n) is 4.42. The summed E-state index contributed by atoms with van der Waals surface area (Å²) in [6.07, 6.45) is 3.22. The molecule has 0 radical (unpaired) electrons. The number of hydrogen-bond donors (Lipinski definition) is 1. The largest absolute Gasteiger partial charge is 0.338 e. The summed E-state index contributed by atoms with van der Waals surface area (Å²) in [5.74, 6) is 0.193. The maximum Gasteiger partial charge on any atom is 0.253 e. The zero-order valence-corrected chi connectivity index (χ0v) is 14.8. The number of aromatic nitrogens is 1. The van der Waals surface area contributed by atoms with Crippen molar-refractivity contribution in [2.45, 2.75) is 19.8 Å². The fourth-order valence-corrected chi connectivity index (χ4v) is 3.11. The van der Waals surface area contributed by atoms with Gasteiger partial charge in [-0.05, 0) is 55.7 Å². The van der Waals surface area contributed by atoms with E-state index in [1.807, 2.05) is 19.1 Å². The zero-order valence-electron chi connectivity index (χ0n) is 14.0. The number of halogens is 1. The van der Waals surface area contributed by atoms with E-state index < -0.39 is 0 Å². The van der Waals surface area contributed by atoms with Crippen LogP contribution in [0.4, 0.5) is 5.82 Å². The van der Waals surface area contributed by atoms with Gasteiger partial charge >= 0.3 is 0 Å². The summed E-state index contributed by atoms with van der Waals surface area (Å²) in [6, 6.07) is 10.6. The van der Waals surface area contributed by atoms with Gasteiger partial charge in [0, 0.05) is 29.9 Å². The summed E-state index contributed by atoms with van der Waals surface area (Å²) in [7, 11) is 0. The highest BCUT2D eigenvalue weighted by Gasteiger charge is 2.29.